The SMILES string of the molecule is CC(C)c1cc(CN)c(Cl)s1. The molecule has 0 bridgehead atoms. The Bertz CT molecular complexity index is 242. The molecule has 0 unspecified atom stereocenters. The Morgan fingerprint density at radius 1 is 1.64 bits per heavy atom. The van der Waals surface area contributed by atoms with Crippen LogP contribution in [0.25, 0.3) is 0 Å². The van der Waals surface area contributed by atoms with Gasteiger partial charge in [-0.15, -0.1) is 11.3 Å². The van der Waals surface area contributed by atoms with Crippen molar-refractivity contribution < 1.29 is 0 Å². The van der Waals surface area contributed by atoms with Gasteiger partial charge in [0.15, 0.2) is 0 Å². The minimum atomic E-state index is 0.544. The second-order valence-electron chi connectivity index (χ2n) is 2.81. The molecular formula is C8H12ClNS. The van der Waals surface area contributed by atoms with Crippen LogP contribution in [0, 0.1) is 0 Å². The molecule has 0 aliphatic carbocycles. The molecule has 0 saturated heterocycles. The molecule has 11 heavy (non-hydrogen) atoms. The standard InChI is InChI=1S/C8H12ClNS/c1-5(2)7-3-6(4-10)8(9)11-7/h3,5H,4,10H2,1-2H3. The smallest absolute Gasteiger partial charge is 0.0976 e. The molecule has 0 saturated carbocycles. The average molecular weight is 190 g/mol. The molecule has 1 aromatic rings. The summed E-state index contributed by atoms with van der Waals surface area (Å²) >= 11 is 7.56. The molecule has 0 aliphatic heterocycles. The van der Waals surface area contributed by atoms with Crippen molar-refractivity contribution in [1.82, 2.24) is 0 Å². The van der Waals surface area contributed by atoms with Crippen LogP contribution in [0.15, 0.2) is 6.07 Å². The van der Waals surface area contributed by atoms with Crippen molar-refractivity contribution in [3.05, 3.63) is 20.8 Å². The third-order valence-electron chi connectivity index (χ3n) is 1.57. The summed E-state index contributed by atoms with van der Waals surface area (Å²) in [6.45, 7) is 4.85. The highest BCUT2D eigenvalue weighted by atomic mass is 35.5. The van der Waals surface area contributed by atoms with Crippen molar-refractivity contribution in [2.24, 2.45) is 5.73 Å². The molecule has 0 fully saturated rings. The highest BCUT2D eigenvalue weighted by Crippen LogP contribution is 2.31. The van der Waals surface area contributed by atoms with Gasteiger partial charge in [-0.3, -0.25) is 0 Å². The van der Waals surface area contributed by atoms with E-state index in [1.54, 1.807) is 11.3 Å². The molecule has 0 aromatic carbocycles. The van der Waals surface area contributed by atoms with Gasteiger partial charge in [0.25, 0.3) is 0 Å². The molecule has 1 heterocycles. The van der Waals surface area contributed by atoms with Crippen LogP contribution in [-0.2, 0) is 6.54 Å². The van der Waals surface area contributed by atoms with Gasteiger partial charge in [-0.2, -0.15) is 0 Å². The van der Waals surface area contributed by atoms with Crippen molar-refractivity contribution in [3.63, 3.8) is 0 Å². The van der Waals surface area contributed by atoms with Gasteiger partial charge in [0.05, 0.1) is 4.34 Å². The molecule has 1 aromatic heterocycles. The first-order valence-electron chi connectivity index (χ1n) is 3.63. The lowest BCUT2D eigenvalue weighted by atomic mass is 10.1. The molecule has 0 aliphatic rings. The number of halogens is 1. The Hall–Kier alpha value is -0.0500. The molecule has 0 atom stereocenters. The predicted octanol–water partition coefficient (Wildman–Crippen LogP) is 2.98. The van der Waals surface area contributed by atoms with Crippen LogP contribution in [-0.4, -0.2) is 0 Å². The maximum absolute atomic E-state index is 5.93. The average Bonchev–Trinajstić information content (AvgIpc) is 2.31. The van der Waals surface area contributed by atoms with Gasteiger partial charge in [-0.05, 0) is 17.5 Å². The van der Waals surface area contributed by atoms with Gasteiger partial charge in [-0.1, -0.05) is 25.4 Å². The van der Waals surface area contributed by atoms with E-state index in [0.717, 1.165) is 9.90 Å². The molecule has 2 N–H and O–H groups in total. The van der Waals surface area contributed by atoms with Crippen molar-refractivity contribution in [1.29, 1.82) is 0 Å². The largest absolute Gasteiger partial charge is 0.326 e. The molecule has 62 valence electrons. The fourth-order valence-corrected chi connectivity index (χ4v) is 2.17. The molecule has 1 nitrogen and oxygen atoms in total. The molecule has 0 amide bonds. The van der Waals surface area contributed by atoms with Gasteiger partial charge >= 0.3 is 0 Å². The van der Waals surface area contributed by atoms with Crippen molar-refractivity contribution in [2.45, 2.75) is 26.3 Å². The first kappa shape index (κ1) is 9.04. The Balaban J connectivity index is 2.95. The number of nitrogens with two attached hydrogens (primary N) is 1. The van der Waals surface area contributed by atoms with Gasteiger partial charge < -0.3 is 5.73 Å². The van der Waals surface area contributed by atoms with Gasteiger partial charge in [-0.25, -0.2) is 0 Å². The minimum Gasteiger partial charge on any atom is -0.326 e. The Morgan fingerprint density at radius 3 is 2.55 bits per heavy atom. The second kappa shape index (κ2) is 3.57. The van der Waals surface area contributed by atoms with E-state index in [1.165, 1.54) is 4.88 Å². The quantitative estimate of drug-likeness (QED) is 0.761. The summed E-state index contributed by atoms with van der Waals surface area (Å²) in [5, 5.41) is 0. The van der Waals surface area contributed by atoms with Crippen LogP contribution in [0.2, 0.25) is 4.34 Å². The second-order valence-corrected chi connectivity index (χ2v) is 4.49. The summed E-state index contributed by atoms with van der Waals surface area (Å²) in [5.41, 5.74) is 6.56. The van der Waals surface area contributed by atoms with Crippen LogP contribution >= 0.6 is 22.9 Å². The number of hydrogen-bond donors (Lipinski definition) is 1. The van der Waals surface area contributed by atoms with Crippen molar-refractivity contribution >= 4 is 22.9 Å². The lowest BCUT2D eigenvalue weighted by Crippen LogP contribution is -1.94. The normalized spacial score (nSPS) is 11.0. The maximum Gasteiger partial charge on any atom is 0.0976 e. The Labute approximate surface area is 76.2 Å². The number of hydrogen-bond acceptors (Lipinski definition) is 2. The number of rotatable bonds is 2. The van der Waals surface area contributed by atoms with E-state index in [4.69, 9.17) is 17.3 Å². The predicted molar refractivity (Wildman–Crippen MR) is 51.3 cm³/mol. The summed E-state index contributed by atoms with van der Waals surface area (Å²) in [6, 6.07) is 2.09. The lowest BCUT2D eigenvalue weighted by Gasteiger charge is -1.96. The third-order valence-corrected chi connectivity index (χ3v) is 3.31. The zero-order valence-electron chi connectivity index (χ0n) is 6.73. The van der Waals surface area contributed by atoms with E-state index in [0.29, 0.717) is 12.5 Å². The first-order valence-corrected chi connectivity index (χ1v) is 4.82. The fourth-order valence-electron chi connectivity index (χ4n) is 0.851. The zero-order chi connectivity index (χ0) is 8.43. The highest BCUT2D eigenvalue weighted by molar-refractivity contribution is 7.16. The maximum atomic E-state index is 5.93. The highest BCUT2D eigenvalue weighted by Gasteiger charge is 2.07. The van der Waals surface area contributed by atoms with E-state index in [9.17, 15) is 0 Å². The van der Waals surface area contributed by atoms with Crippen LogP contribution in [0.3, 0.4) is 0 Å². The molecular weight excluding hydrogens is 178 g/mol. The van der Waals surface area contributed by atoms with Gasteiger partial charge in [0, 0.05) is 11.4 Å². The van der Waals surface area contributed by atoms with E-state index < -0.39 is 0 Å². The Kier molecular flexibility index (Phi) is 2.93. The lowest BCUT2D eigenvalue weighted by molar-refractivity contribution is 0.887. The van der Waals surface area contributed by atoms with Crippen LogP contribution in [0.5, 0.6) is 0 Å². The summed E-state index contributed by atoms with van der Waals surface area (Å²) in [7, 11) is 0. The van der Waals surface area contributed by atoms with E-state index in [-0.39, 0.29) is 0 Å². The topological polar surface area (TPSA) is 26.0 Å². The van der Waals surface area contributed by atoms with E-state index in [2.05, 4.69) is 19.9 Å². The van der Waals surface area contributed by atoms with Gasteiger partial charge in [0.2, 0.25) is 0 Å². The Morgan fingerprint density at radius 2 is 2.27 bits per heavy atom. The monoisotopic (exact) mass is 189 g/mol. The molecule has 0 spiro atoms. The summed E-state index contributed by atoms with van der Waals surface area (Å²) in [6.07, 6.45) is 0. The summed E-state index contributed by atoms with van der Waals surface area (Å²) in [5.74, 6) is 0.554. The fraction of sp³-hybridized carbons (Fsp3) is 0.500. The van der Waals surface area contributed by atoms with Crippen molar-refractivity contribution in [2.75, 3.05) is 0 Å². The summed E-state index contributed by atoms with van der Waals surface area (Å²) < 4.78 is 0.844. The van der Waals surface area contributed by atoms with Crippen molar-refractivity contribution in [3.8, 4) is 0 Å². The zero-order valence-corrected chi connectivity index (χ0v) is 8.30. The van der Waals surface area contributed by atoms with Gasteiger partial charge in [0.1, 0.15) is 0 Å². The summed E-state index contributed by atoms with van der Waals surface area (Å²) in [4.78, 5) is 1.32. The first-order chi connectivity index (χ1) is 5.15. The van der Waals surface area contributed by atoms with Crippen LogP contribution in [0.4, 0.5) is 0 Å². The minimum absolute atomic E-state index is 0.544. The molecule has 3 heteroatoms. The number of thiophene rings is 1. The third kappa shape index (κ3) is 1.95. The van der Waals surface area contributed by atoms with Crippen LogP contribution in [0.1, 0.15) is 30.2 Å². The van der Waals surface area contributed by atoms with E-state index in [1.807, 2.05) is 0 Å². The van der Waals surface area contributed by atoms with E-state index >= 15 is 0 Å². The molecule has 0 radical (unpaired) electrons. The van der Waals surface area contributed by atoms with Crippen LogP contribution < -0.4 is 5.73 Å². The molecule has 1 rings (SSSR count).